The van der Waals surface area contributed by atoms with Gasteiger partial charge in [-0.25, -0.2) is 0 Å². The zero-order valence-corrected chi connectivity index (χ0v) is 12.7. The van der Waals surface area contributed by atoms with Gasteiger partial charge >= 0.3 is 0 Å². The molecule has 2 unspecified atom stereocenters. The van der Waals surface area contributed by atoms with Crippen LogP contribution in [0, 0.1) is 0 Å². The van der Waals surface area contributed by atoms with Crippen molar-refractivity contribution in [3.8, 4) is 5.75 Å². The number of nitrogens with two attached hydrogens (primary N) is 1. The van der Waals surface area contributed by atoms with E-state index >= 15 is 0 Å². The van der Waals surface area contributed by atoms with Crippen LogP contribution in [0.4, 0.5) is 0 Å². The summed E-state index contributed by atoms with van der Waals surface area (Å²) in [5.74, 6) is 0.882. The maximum atomic E-state index is 6.26. The Balaban J connectivity index is 2.18. The molecule has 2 rings (SSSR count). The van der Waals surface area contributed by atoms with Crippen LogP contribution in [0.2, 0.25) is 0 Å². The zero-order chi connectivity index (χ0) is 14.5. The van der Waals surface area contributed by atoms with Gasteiger partial charge in [-0.3, -0.25) is 4.90 Å². The van der Waals surface area contributed by atoms with Crippen LogP contribution in [0.3, 0.4) is 0 Å². The van der Waals surface area contributed by atoms with E-state index in [1.165, 1.54) is 18.4 Å². The van der Waals surface area contributed by atoms with E-state index in [0.717, 1.165) is 18.9 Å². The Morgan fingerprint density at radius 2 is 1.90 bits per heavy atom. The second-order valence-corrected chi connectivity index (χ2v) is 5.54. The fourth-order valence-electron chi connectivity index (χ4n) is 2.75. The molecule has 4 nitrogen and oxygen atoms in total. The standard InChI is InChI=1S/C16H26N2O2/c1-12(17)16(13-4-8-15(20-3)9-5-13)18(10-11-19-2)14-6-7-14/h4-5,8-9,12,14,16H,6-7,10-11,17H2,1-3H3. The first-order chi connectivity index (χ1) is 9.67. The third-order valence-corrected chi connectivity index (χ3v) is 3.88. The van der Waals surface area contributed by atoms with E-state index in [4.69, 9.17) is 15.2 Å². The van der Waals surface area contributed by atoms with Crippen molar-refractivity contribution in [2.24, 2.45) is 5.73 Å². The largest absolute Gasteiger partial charge is 0.497 e. The average molecular weight is 278 g/mol. The van der Waals surface area contributed by atoms with Crippen LogP contribution in [-0.4, -0.2) is 44.4 Å². The molecule has 2 atom stereocenters. The maximum absolute atomic E-state index is 6.26. The molecular weight excluding hydrogens is 252 g/mol. The molecule has 1 aliphatic rings. The third kappa shape index (κ3) is 3.72. The van der Waals surface area contributed by atoms with Crippen LogP contribution in [0.25, 0.3) is 0 Å². The minimum absolute atomic E-state index is 0.0841. The molecule has 1 aromatic rings. The summed E-state index contributed by atoms with van der Waals surface area (Å²) in [7, 11) is 3.44. The summed E-state index contributed by atoms with van der Waals surface area (Å²) in [5, 5.41) is 0. The van der Waals surface area contributed by atoms with E-state index in [9.17, 15) is 0 Å². The van der Waals surface area contributed by atoms with E-state index in [0.29, 0.717) is 6.04 Å². The first-order valence-corrected chi connectivity index (χ1v) is 7.31. The summed E-state index contributed by atoms with van der Waals surface area (Å²) < 4.78 is 10.5. The molecule has 1 aliphatic carbocycles. The fourth-order valence-corrected chi connectivity index (χ4v) is 2.75. The topological polar surface area (TPSA) is 47.7 Å². The Labute approximate surface area is 121 Å². The molecular formula is C16H26N2O2. The van der Waals surface area contributed by atoms with Crippen molar-refractivity contribution in [1.82, 2.24) is 4.90 Å². The highest BCUT2D eigenvalue weighted by Gasteiger charge is 2.35. The minimum atomic E-state index is 0.0841. The van der Waals surface area contributed by atoms with Gasteiger partial charge in [-0.15, -0.1) is 0 Å². The van der Waals surface area contributed by atoms with Gasteiger partial charge in [0.05, 0.1) is 13.7 Å². The number of nitrogens with zero attached hydrogens (tertiary/aromatic N) is 1. The smallest absolute Gasteiger partial charge is 0.118 e. The predicted octanol–water partition coefficient (Wildman–Crippen LogP) is 2.19. The van der Waals surface area contributed by atoms with Gasteiger partial charge in [0, 0.05) is 31.8 Å². The van der Waals surface area contributed by atoms with Crippen molar-refractivity contribution < 1.29 is 9.47 Å². The van der Waals surface area contributed by atoms with Crippen molar-refractivity contribution in [1.29, 1.82) is 0 Å². The molecule has 0 saturated heterocycles. The lowest BCUT2D eigenvalue weighted by molar-refractivity contribution is 0.104. The molecule has 0 radical (unpaired) electrons. The molecule has 20 heavy (non-hydrogen) atoms. The number of benzene rings is 1. The minimum Gasteiger partial charge on any atom is -0.497 e. The van der Waals surface area contributed by atoms with Crippen LogP contribution in [0.15, 0.2) is 24.3 Å². The average Bonchev–Trinajstić information content (AvgIpc) is 3.28. The highest BCUT2D eigenvalue weighted by molar-refractivity contribution is 5.30. The summed E-state index contributed by atoms with van der Waals surface area (Å²) in [4.78, 5) is 2.50. The van der Waals surface area contributed by atoms with E-state index < -0.39 is 0 Å². The van der Waals surface area contributed by atoms with Gasteiger partial charge in [-0.05, 0) is 37.5 Å². The van der Waals surface area contributed by atoms with Gasteiger partial charge in [-0.2, -0.15) is 0 Å². The Kier molecular flexibility index (Phi) is 5.40. The molecule has 2 N–H and O–H groups in total. The second kappa shape index (κ2) is 7.07. The van der Waals surface area contributed by atoms with Crippen LogP contribution < -0.4 is 10.5 Å². The molecule has 112 valence electrons. The number of rotatable bonds is 8. The molecule has 4 heteroatoms. The normalized spacial score (nSPS) is 18.1. The Morgan fingerprint density at radius 3 is 2.35 bits per heavy atom. The van der Waals surface area contributed by atoms with Crippen LogP contribution in [0.5, 0.6) is 5.75 Å². The quantitative estimate of drug-likeness (QED) is 0.792. The number of ether oxygens (including phenoxy) is 2. The zero-order valence-electron chi connectivity index (χ0n) is 12.7. The molecule has 0 heterocycles. The summed E-state index contributed by atoms with van der Waals surface area (Å²) in [5.41, 5.74) is 7.52. The van der Waals surface area contributed by atoms with E-state index in [2.05, 4.69) is 24.0 Å². The van der Waals surface area contributed by atoms with Gasteiger partial charge in [0.25, 0.3) is 0 Å². The monoisotopic (exact) mass is 278 g/mol. The van der Waals surface area contributed by atoms with Gasteiger partial charge < -0.3 is 15.2 Å². The highest BCUT2D eigenvalue weighted by atomic mass is 16.5. The molecule has 0 spiro atoms. The van der Waals surface area contributed by atoms with E-state index in [1.807, 2.05) is 12.1 Å². The van der Waals surface area contributed by atoms with E-state index in [-0.39, 0.29) is 12.1 Å². The lowest BCUT2D eigenvalue weighted by Crippen LogP contribution is -2.42. The number of methoxy groups -OCH3 is 2. The molecule has 0 amide bonds. The molecule has 0 aliphatic heterocycles. The Hall–Kier alpha value is -1.10. The van der Waals surface area contributed by atoms with E-state index in [1.54, 1.807) is 14.2 Å². The van der Waals surface area contributed by atoms with Crippen molar-refractivity contribution in [2.75, 3.05) is 27.4 Å². The second-order valence-electron chi connectivity index (χ2n) is 5.54. The molecule has 1 fully saturated rings. The van der Waals surface area contributed by atoms with Gasteiger partial charge in [0.15, 0.2) is 0 Å². The molecule has 1 aromatic carbocycles. The third-order valence-electron chi connectivity index (χ3n) is 3.88. The van der Waals surface area contributed by atoms with Gasteiger partial charge in [0.1, 0.15) is 5.75 Å². The summed E-state index contributed by atoms with van der Waals surface area (Å²) in [6, 6.07) is 9.23. The first kappa shape index (κ1) is 15.3. The van der Waals surface area contributed by atoms with Crippen LogP contribution >= 0.6 is 0 Å². The van der Waals surface area contributed by atoms with Crippen molar-refractivity contribution >= 4 is 0 Å². The van der Waals surface area contributed by atoms with Crippen LogP contribution in [-0.2, 0) is 4.74 Å². The lowest BCUT2D eigenvalue weighted by atomic mass is 9.98. The summed E-state index contributed by atoms with van der Waals surface area (Å²) in [6.45, 7) is 3.76. The van der Waals surface area contributed by atoms with Crippen LogP contribution in [0.1, 0.15) is 31.4 Å². The van der Waals surface area contributed by atoms with Crippen molar-refractivity contribution in [3.63, 3.8) is 0 Å². The lowest BCUT2D eigenvalue weighted by Gasteiger charge is -2.34. The Bertz CT molecular complexity index is 401. The SMILES string of the molecule is COCCN(C1CC1)C(c1ccc(OC)cc1)C(C)N. The summed E-state index contributed by atoms with van der Waals surface area (Å²) in [6.07, 6.45) is 2.53. The number of hydrogen-bond acceptors (Lipinski definition) is 4. The molecule has 0 aromatic heterocycles. The van der Waals surface area contributed by atoms with Gasteiger partial charge in [-0.1, -0.05) is 12.1 Å². The molecule has 1 saturated carbocycles. The fraction of sp³-hybridized carbons (Fsp3) is 0.625. The first-order valence-electron chi connectivity index (χ1n) is 7.31. The summed E-state index contributed by atoms with van der Waals surface area (Å²) >= 11 is 0. The highest BCUT2D eigenvalue weighted by Crippen LogP contribution is 2.35. The van der Waals surface area contributed by atoms with Gasteiger partial charge in [0.2, 0.25) is 0 Å². The van der Waals surface area contributed by atoms with Crippen molar-refractivity contribution in [2.45, 2.75) is 37.9 Å². The maximum Gasteiger partial charge on any atom is 0.118 e. The predicted molar refractivity (Wildman–Crippen MR) is 81.0 cm³/mol. The molecule has 0 bridgehead atoms. The number of hydrogen-bond donors (Lipinski definition) is 1. The van der Waals surface area contributed by atoms with Crippen molar-refractivity contribution in [3.05, 3.63) is 29.8 Å². The Morgan fingerprint density at radius 1 is 1.25 bits per heavy atom.